The van der Waals surface area contributed by atoms with Gasteiger partial charge in [-0.05, 0) is 65.7 Å². The van der Waals surface area contributed by atoms with E-state index in [-0.39, 0.29) is 28.8 Å². The van der Waals surface area contributed by atoms with Gasteiger partial charge in [0.25, 0.3) is 5.91 Å². The summed E-state index contributed by atoms with van der Waals surface area (Å²) in [6, 6.07) is 14.3. The molecule has 48 heavy (non-hydrogen) atoms. The third-order valence-electron chi connectivity index (χ3n) is 7.51. The van der Waals surface area contributed by atoms with Crippen molar-refractivity contribution in [2.24, 2.45) is 0 Å². The van der Waals surface area contributed by atoms with E-state index in [1.807, 2.05) is 0 Å². The van der Waals surface area contributed by atoms with Crippen LogP contribution in [0.2, 0.25) is 5.02 Å². The minimum Gasteiger partial charge on any atom is -0.492 e. The van der Waals surface area contributed by atoms with Crippen LogP contribution in [0.4, 0.5) is 18.9 Å². The monoisotopic (exact) mass is 719 g/mol. The van der Waals surface area contributed by atoms with E-state index in [1.165, 1.54) is 41.3 Å². The summed E-state index contributed by atoms with van der Waals surface area (Å²) >= 11 is 12.5. The zero-order valence-electron chi connectivity index (χ0n) is 25.2. The molecule has 3 aromatic carbocycles. The van der Waals surface area contributed by atoms with Gasteiger partial charge in [0, 0.05) is 43.9 Å². The summed E-state index contributed by atoms with van der Waals surface area (Å²) in [6.45, 7) is 3.80. The number of carboxylic acid groups (broad SMARTS) is 1. The average molecular weight is 720 g/mol. The number of carbonyl (C=O) groups excluding carboxylic acids is 2. The number of halogens is 4. The SMILES string of the molecule is O=C(CCN1C(=O)/C(=C/c2ccc(OCCN3CCOCC3)c(-c3ccc(C(F)(F)F)c(Cl)c3)c2)SC1=S)Nc1ccc(C(=O)O)cc1. The summed E-state index contributed by atoms with van der Waals surface area (Å²) in [5, 5.41) is 11.2. The molecule has 15 heteroatoms. The molecule has 9 nitrogen and oxygen atoms in total. The summed E-state index contributed by atoms with van der Waals surface area (Å²) in [5.41, 5.74) is 1.01. The number of thioether (sulfide) groups is 1. The molecule has 0 atom stereocenters. The summed E-state index contributed by atoms with van der Waals surface area (Å²) in [5.74, 6) is -1.43. The number of hydrogen-bond donors (Lipinski definition) is 2. The fourth-order valence-electron chi connectivity index (χ4n) is 4.99. The topological polar surface area (TPSA) is 108 Å². The molecule has 0 saturated carbocycles. The molecule has 2 aliphatic rings. The molecule has 2 N–H and O–H groups in total. The molecule has 0 spiro atoms. The van der Waals surface area contributed by atoms with Crippen molar-refractivity contribution in [1.29, 1.82) is 0 Å². The van der Waals surface area contributed by atoms with E-state index >= 15 is 0 Å². The van der Waals surface area contributed by atoms with E-state index in [1.54, 1.807) is 24.3 Å². The van der Waals surface area contributed by atoms with Crippen LogP contribution in [0.15, 0.2) is 65.6 Å². The van der Waals surface area contributed by atoms with Crippen LogP contribution in [0.5, 0.6) is 5.75 Å². The van der Waals surface area contributed by atoms with Gasteiger partial charge in [0.2, 0.25) is 5.91 Å². The van der Waals surface area contributed by atoms with Gasteiger partial charge in [0.15, 0.2) is 0 Å². The van der Waals surface area contributed by atoms with E-state index in [4.69, 9.17) is 38.4 Å². The Bertz CT molecular complexity index is 1750. The number of carbonyl (C=O) groups is 3. The smallest absolute Gasteiger partial charge is 0.417 e. The van der Waals surface area contributed by atoms with Crippen molar-refractivity contribution in [3.8, 4) is 16.9 Å². The van der Waals surface area contributed by atoms with Gasteiger partial charge in [-0.25, -0.2) is 4.79 Å². The van der Waals surface area contributed by atoms with Crippen molar-refractivity contribution in [3.63, 3.8) is 0 Å². The lowest BCUT2D eigenvalue weighted by atomic mass is 10.00. The van der Waals surface area contributed by atoms with Crippen molar-refractivity contribution in [1.82, 2.24) is 9.80 Å². The Balaban J connectivity index is 1.31. The molecular weight excluding hydrogens is 691 g/mol. The molecule has 0 aliphatic carbocycles. The number of benzene rings is 3. The number of aromatic carboxylic acids is 1. The molecule has 3 aromatic rings. The molecular formula is C33H29ClF3N3O6S2. The summed E-state index contributed by atoms with van der Waals surface area (Å²) in [4.78, 5) is 40.7. The second-order valence-electron chi connectivity index (χ2n) is 10.8. The fourth-order valence-corrected chi connectivity index (χ4v) is 6.58. The van der Waals surface area contributed by atoms with Crippen molar-refractivity contribution in [2.45, 2.75) is 12.6 Å². The number of amides is 2. The fraction of sp³-hybridized carbons (Fsp3) is 0.273. The maximum atomic E-state index is 13.4. The minimum atomic E-state index is -4.61. The number of hydrogen-bond acceptors (Lipinski definition) is 8. The van der Waals surface area contributed by atoms with Gasteiger partial charge in [-0.2, -0.15) is 13.2 Å². The first-order valence-corrected chi connectivity index (χ1v) is 16.3. The van der Waals surface area contributed by atoms with E-state index in [0.29, 0.717) is 59.4 Å². The lowest BCUT2D eigenvalue weighted by Gasteiger charge is -2.26. The molecule has 2 saturated heterocycles. The van der Waals surface area contributed by atoms with Gasteiger partial charge in [0.05, 0.1) is 34.3 Å². The predicted octanol–water partition coefficient (Wildman–Crippen LogP) is 6.67. The lowest BCUT2D eigenvalue weighted by Crippen LogP contribution is -2.38. The Morgan fingerprint density at radius 2 is 1.79 bits per heavy atom. The molecule has 0 radical (unpaired) electrons. The van der Waals surface area contributed by atoms with Gasteiger partial charge in [-0.3, -0.25) is 19.4 Å². The minimum absolute atomic E-state index is 0.0201. The molecule has 2 aliphatic heterocycles. The number of carboxylic acids is 1. The van der Waals surface area contributed by atoms with Gasteiger partial charge in [0.1, 0.15) is 16.7 Å². The van der Waals surface area contributed by atoms with Gasteiger partial charge in [-0.15, -0.1) is 0 Å². The molecule has 252 valence electrons. The highest BCUT2D eigenvalue weighted by atomic mass is 35.5. The molecule has 2 amide bonds. The van der Waals surface area contributed by atoms with Crippen molar-refractivity contribution in [3.05, 3.63) is 87.3 Å². The van der Waals surface area contributed by atoms with E-state index < -0.39 is 28.6 Å². The van der Waals surface area contributed by atoms with Crippen LogP contribution in [0.3, 0.4) is 0 Å². The second kappa shape index (κ2) is 15.5. The van der Waals surface area contributed by atoms with Crippen LogP contribution < -0.4 is 10.1 Å². The highest BCUT2D eigenvalue weighted by molar-refractivity contribution is 8.26. The third-order valence-corrected chi connectivity index (χ3v) is 9.20. The Hall–Kier alpha value is -3.95. The number of thiocarbonyl (C=S) groups is 1. The van der Waals surface area contributed by atoms with E-state index in [2.05, 4.69) is 10.2 Å². The Morgan fingerprint density at radius 1 is 1.06 bits per heavy atom. The van der Waals surface area contributed by atoms with Crippen molar-refractivity contribution >= 4 is 69.4 Å². The van der Waals surface area contributed by atoms with Crippen LogP contribution >= 0.6 is 35.6 Å². The van der Waals surface area contributed by atoms with Crippen LogP contribution in [0, 0.1) is 0 Å². The van der Waals surface area contributed by atoms with Gasteiger partial charge in [-0.1, -0.05) is 47.7 Å². The first-order chi connectivity index (χ1) is 22.9. The number of anilines is 1. The Morgan fingerprint density at radius 3 is 2.46 bits per heavy atom. The highest BCUT2D eigenvalue weighted by Gasteiger charge is 2.34. The van der Waals surface area contributed by atoms with Crippen LogP contribution in [0.25, 0.3) is 17.2 Å². The molecule has 0 unspecified atom stereocenters. The zero-order valence-corrected chi connectivity index (χ0v) is 27.6. The molecule has 0 aromatic heterocycles. The number of rotatable bonds is 11. The number of ether oxygens (including phenoxy) is 2. The van der Waals surface area contributed by atoms with Gasteiger partial charge < -0.3 is 19.9 Å². The largest absolute Gasteiger partial charge is 0.492 e. The predicted molar refractivity (Wildman–Crippen MR) is 181 cm³/mol. The molecule has 0 bridgehead atoms. The van der Waals surface area contributed by atoms with Crippen LogP contribution in [-0.2, 0) is 20.5 Å². The van der Waals surface area contributed by atoms with E-state index in [9.17, 15) is 27.6 Å². The second-order valence-corrected chi connectivity index (χ2v) is 12.8. The Labute approximate surface area is 288 Å². The van der Waals surface area contributed by atoms with Gasteiger partial charge >= 0.3 is 12.1 Å². The van der Waals surface area contributed by atoms with Crippen LogP contribution in [-0.4, -0.2) is 83.0 Å². The van der Waals surface area contributed by atoms with Crippen molar-refractivity contribution in [2.75, 3.05) is 51.3 Å². The third kappa shape index (κ3) is 8.94. The molecule has 2 heterocycles. The number of morpholine rings is 1. The number of nitrogens with one attached hydrogen (secondary N) is 1. The maximum absolute atomic E-state index is 13.4. The Kier molecular flexibility index (Phi) is 11.4. The van der Waals surface area contributed by atoms with E-state index in [0.717, 1.165) is 30.9 Å². The first-order valence-electron chi connectivity index (χ1n) is 14.7. The summed E-state index contributed by atoms with van der Waals surface area (Å²) in [7, 11) is 0. The molecule has 2 fully saturated rings. The molecule has 5 rings (SSSR count). The standard InChI is InChI=1S/C33H29ClF3N3O6S2/c34-26-19-22(4-7-25(26)33(35,36)37)24-17-20(1-8-27(24)46-16-13-39-11-14-45-15-12-39)18-28-30(42)40(32(47)48-28)10-9-29(41)38-23-5-2-21(3-6-23)31(43)44/h1-8,17-19H,9-16H2,(H,38,41)(H,43,44)/b28-18-. The first kappa shape index (κ1) is 35.4. The highest BCUT2D eigenvalue weighted by Crippen LogP contribution is 2.40. The maximum Gasteiger partial charge on any atom is 0.417 e. The average Bonchev–Trinajstić information content (AvgIpc) is 3.31. The van der Waals surface area contributed by atoms with Crippen molar-refractivity contribution < 1.29 is 42.1 Å². The van der Waals surface area contributed by atoms with Crippen LogP contribution in [0.1, 0.15) is 27.9 Å². The summed E-state index contributed by atoms with van der Waals surface area (Å²) < 4.78 is 52.0. The quantitative estimate of drug-likeness (QED) is 0.166. The number of nitrogens with zero attached hydrogens (tertiary/aromatic N) is 2. The number of alkyl halides is 3. The normalized spacial score (nSPS) is 16.4. The summed E-state index contributed by atoms with van der Waals surface area (Å²) in [6.07, 6.45) is -3.05. The lowest BCUT2D eigenvalue weighted by molar-refractivity contribution is -0.137. The zero-order chi connectivity index (χ0) is 34.4.